The van der Waals surface area contributed by atoms with Crippen molar-refractivity contribution in [2.45, 2.75) is 39.7 Å². The summed E-state index contributed by atoms with van der Waals surface area (Å²) in [5, 5.41) is 4.08. The average Bonchev–Trinajstić information content (AvgIpc) is 2.54. The Kier molecular flexibility index (Phi) is 4.45. The Morgan fingerprint density at radius 2 is 1.95 bits per heavy atom. The van der Waals surface area contributed by atoms with Gasteiger partial charge in [0.1, 0.15) is 0 Å². The minimum absolute atomic E-state index is 0.326. The highest BCUT2D eigenvalue weighted by Gasteiger charge is 2.36. The van der Waals surface area contributed by atoms with Gasteiger partial charge >= 0.3 is 0 Å². The molecule has 2 N–H and O–H groups in total. The minimum atomic E-state index is -3.28. The van der Waals surface area contributed by atoms with Crippen LogP contribution in [0.25, 0.3) is 0 Å². The second-order valence-electron chi connectivity index (χ2n) is 6.87. The van der Waals surface area contributed by atoms with Gasteiger partial charge in [0.15, 0.2) is 0 Å². The molecule has 1 fully saturated rings. The Morgan fingerprint density at radius 3 is 2.48 bits per heavy atom. The number of nitrogens with one attached hydrogen (secondary N) is 2. The third-order valence-corrected chi connectivity index (χ3v) is 4.88. The Balaban J connectivity index is 2.18. The van der Waals surface area contributed by atoms with Crippen LogP contribution in [0.4, 0.5) is 11.4 Å². The molecule has 1 aromatic carbocycles. The van der Waals surface area contributed by atoms with Gasteiger partial charge in [-0.1, -0.05) is 32.4 Å². The maximum absolute atomic E-state index is 11.3. The van der Waals surface area contributed by atoms with Gasteiger partial charge in [-0.2, -0.15) is 0 Å². The smallest absolute Gasteiger partial charge is 0.229 e. The molecule has 2 atom stereocenters. The van der Waals surface area contributed by atoms with Crippen LogP contribution in [0.1, 0.15) is 33.6 Å². The van der Waals surface area contributed by atoms with Crippen LogP contribution in [0, 0.1) is 11.3 Å². The molecule has 118 valence electrons. The van der Waals surface area contributed by atoms with Crippen LogP contribution in [0.15, 0.2) is 18.2 Å². The zero-order valence-corrected chi connectivity index (χ0v) is 14.5. The van der Waals surface area contributed by atoms with E-state index in [4.69, 9.17) is 11.6 Å². The number of hydrogen-bond donors (Lipinski definition) is 2. The van der Waals surface area contributed by atoms with Crippen molar-refractivity contribution in [1.82, 2.24) is 0 Å². The summed E-state index contributed by atoms with van der Waals surface area (Å²) in [6.07, 6.45) is 3.38. The molecule has 0 spiro atoms. The molecule has 1 aliphatic carbocycles. The molecule has 6 heteroatoms. The van der Waals surface area contributed by atoms with Gasteiger partial charge in [0.05, 0.1) is 22.7 Å². The third-order valence-electron chi connectivity index (χ3n) is 3.94. The molecule has 0 bridgehead atoms. The van der Waals surface area contributed by atoms with E-state index in [0.717, 1.165) is 18.4 Å². The normalized spacial score (nSPS) is 24.8. The average molecular weight is 331 g/mol. The summed E-state index contributed by atoms with van der Waals surface area (Å²) < 4.78 is 25.1. The maximum Gasteiger partial charge on any atom is 0.229 e. The monoisotopic (exact) mass is 330 g/mol. The van der Waals surface area contributed by atoms with Crippen molar-refractivity contribution >= 4 is 33.0 Å². The molecule has 0 aliphatic heterocycles. The van der Waals surface area contributed by atoms with Gasteiger partial charge in [-0.25, -0.2) is 8.42 Å². The lowest BCUT2D eigenvalue weighted by atomic mass is 9.91. The van der Waals surface area contributed by atoms with E-state index < -0.39 is 10.0 Å². The summed E-state index contributed by atoms with van der Waals surface area (Å²) in [7, 11) is -3.28. The van der Waals surface area contributed by atoms with Crippen molar-refractivity contribution in [3.8, 4) is 0 Å². The van der Waals surface area contributed by atoms with Crippen molar-refractivity contribution in [3.63, 3.8) is 0 Å². The highest BCUT2D eigenvalue weighted by atomic mass is 35.5. The molecule has 0 saturated heterocycles. The predicted octanol–water partition coefficient (Wildman–Crippen LogP) is 3.95. The van der Waals surface area contributed by atoms with Crippen LogP contribution < -0.4 is 10.0 Å². The lowest BCUT2D eigenvalue weighted by Crippen LogP contribution is -2.22. The zero-order valence-electron chi connectivity index (χ0n) is 12.9. The van der Waals surface area contributed by atoms with Gasteiger partial charge in [0, 0.05) is 6.04 Å². The number of benzene rings is 1. The Labute approximate surface area is 132 Å². The SMILES string of the molecule is CC1CC(C)(C)CC1Nc1cc(NS(C)(=O)=O)ccc1Cl. The number of sulfonamides is 1. The fourth-order valence-electron chi connectivity index (χ4n) is 3.20. The molecule has 2 unspecified atom stereocenters. The van der Waals surface area contributed by atoms with Gasteiger partial charge in [-0.3, -0.25) is 4.72 Å². The molecule has 2 rings (SSSR count). The van der Waals surface area contributed by atoms with Crippen LogP contribution in [-0.4, -0.2) is 20.7 Å². The summed E-state index contributed by atoms with van der Waals surface area (Å²) in [4.78, 5) is 0. The first-order valence-electron chi connectivity index (χ1n) is 7.10. The molecule has 0 amide bonds. The van der Waals surface area contributed by atoms with E-state index in [2.05, 4.69) is 30.8 Å². The van der Waals surface area contributed by atoms with Crippen molar-refractivity contribution in [3.05, 3.63) is 23.2 Å². The first kappa shape index (κ1) is 16.4. The zero-order chi connectivity index (χ0) is 15.8. The van der Waals surface area contributed by atoms with E-state index in [0.29, 0.717) is 28.1 Å². The van der Waals surface area contributed by atoms with E-state index in [1.807, 2.05) is 0 Å². The second kappa shape index (κ2) is 5.69. The van der Waals surface area contributed by atoms with E-state index in [9.17, 15) is 8.42 Å². The number of halogens is 1. The fraction of sp³-hybridized carbons (Fsp3) is 0.600. The van der Waals surface area contributed by atoms with Crippen LogP contribution in [0.3, 0.4) is 0 Å². The third kappa shape index (κ3) is 4.51. The fourth-order valence-corrected chi connectivity index (χ4v) is 3.93. The lowest BCUT2D eigenvalue weighted by Gasteiger charge is -2.21. The van der Waals surface area contributed by atoms with E-state index in [1.165, 1.54) is 6.42 Å². The molecular weight excluding hydrogens is 308 g/mol. The van der Waals surface area contributed by atoms with E-state index in [1.54, 1.807) is 18.2 Å². The molecule has 0 radical (unpaired) electrons. The highest BCUT2D eigenvalue weighted by Crippen LogP contribution is 2.42. The van der Waals surface area contributed by atoms with Crippen LogP contribution in [0.5, 0.6) is 0 Å². The largest absolute Gasteiger partial charge is 0.381 e. The number of anilines is 2. The van der Waals surface area contributed by atoms with Crippen LogP contribution in [-0.2, 0) is 10.0 Å². The first-order chi connectivity index (χ1) is 9.56. The van der Waals surface area contributed by atoms with E-state index in [-0.39, 0.29) is 0 Å². The molecule has 4 nitrogen and oxygen atoms in total. The summed E-state index contributed by atoms with van der Waals surface area (Å²) in [6.45, 7) is 6.78. The molecule has 0 aromatic heterocycles. The molecule has 1 aromatic rings. The van der Waals surface area contributed by atoms with Crippen LogP contribution in [0.2, 0.25) is 5.02 Å². The molecule has 1 aliphatic rings. The van der Waals surface area contributed by atoms with Crippen molar-refractivity contribution in [2.24, 2.45) is 11.3 Å². The van der Waals surface area contributed by atoms with Gasteiger partial charge in [0.25, 0.3) is 0 Å². The summed E-state index contributed by atoms with van der Waals surface area (Å²) >= 11 is 6.22. The quantitative estimate of drug-likeness (QED) is 0.878. The predicted molar refractivity (Wildman–Crippen MR) is 89.5 cm³/mol. The number of hydrogen-bond acceptors (Lipinski definition) is 3. The standard InChI is InChI=1S/C15H23ClN2O2S/c1-10-8-15(2,3)9-14(10)17-13-7-11(5-6-12(13)16)18-21(4,19)20/h5-7,10,14,17-18H,8-9H2,1-4H3. The number of rotatable bonds is 4. The maximum atomic E-state index is 11.3. The van der Waals surface area contributed by atoms with Gasteiger partial charge in [-0.15, -0.1) is 0 Å². The van der Waals surface area contributed by atoms with E-state index >= 15 is 0 Å². The van der Waals surface area contributed by atoms with Gasteiger partial charge in [0.2, 0.25) is 10.0 Å². The summed E-state index contributed by atoms with van der Waals surface area (Å²) in [6, 6.07) is 5.48. The topological polar surface area (TPSA) is 58.2 Å². The molecule has 1 saturated carbocycles. The molecule has 21 heavy (non-hydrogen) atoms. The lowest BCUT2D eigenvalue weighted by molar-refractivity contribution is 0.366. The highest BCUT2D eigenvalue weighted by molar-refractivity contribution is 7.92. The molecular formula is C15H23ClN2O2S. The van der Waals surface area contributed by atoms with Gasteiger partial charge in [-0.05, 0) is 42.4 Å². The summed E-state index contributed by atoms with van der Waals surface area (Å²) in [5.41, 5.74) is 1.63. The van der Waals surface area contributed by atoms with Crippen molar-refractivity contribution in [1.29, 1.82) is 0 Å². The molecule has 0 heterocycles. The first-order valence-corrected chi connectivity index (χ1v) is 9.37. The Morgan fingerprint density at radius 1 is 1.29 bits per heavy atom. The Hall–Kier alpha value is -0.940. The van der Waals surface area contributed by atoms with Crippen molar-refractivity contribution < 1.29 is 8.42 Å². The van der Waals surface area contributed by atoms with Gasteiger partial charge < -0.3 is 5.32 Å². The van der Waals surface area contributed by atoms with Crippen LogP contribution >= 0.6 is 11.6 Å². The van der Waals surface area contributed by atoms with Crippen molar-refractivity contribution in [2.75, 3.05) is 16.3 Å². The summed E-state index contributed by atoms with van der Waals surface area (Å²) in [5.74, 6) is 0.558. The minimum Gasteiger partial charge on any atom is -0.381 e. The Bertz CT molecular complexity index is 629. The second-order valence-corrected chi connectivity index (χ2v) is 9.03.